The highest BCUT2D eigenvalue weighted by molar-refractivity contribution is 7.99. The molecular formula is C18H19FN2O3S2. The van der Waals surface area contributed by atoms with E-state index in [1.54, 1.807) is 23.6 Å². The first kappa shape index (κ1) is 17.7. The zero-order valence-electron chi connectivity index (χ0n) is 14.4. The Bertz CT molecular complexity index is 863. The second kappa shape index (κ2) is 7.15. The molecule has 0 bridgehead atoms. The van der Waals surface area contributed by atoms with Crippen molar-refractivity contribution in [1.82, 2.24) is 9.80 Å². The molecule has 26 heavy (non-hydrogen) atoms. The highest BCUT2D eigenvalue weighted by Crippen LogP contribution is 2.31. The summed E-state index contributed by atoms with van der Waals surface area (Å²) in [5.74, 6) is 2.48. The van der Waals surface area contributed by atoms with Crippen LogP contribution in [-0.4, -0.2) is 63.9 Å². The third-order valence-electron chi connectivity index (χ3n) is 4.84. The molecule has 2 amide bonds. The van der Waals surface area contributed by atoms with Gasteiger partial charge in [-0.05, 0) is 25.1 Å². The van der Waals surface area contributed by atoms with Crippen molar-refractivity contribution in [2.24, 2.45) is 0 Å². The second-order valence-electron chi connectivity index (χ2n) is 6.42. The molecular weight excluding hydrogens is 375 g/mol. The number of furan rings is 1. The van der Waals surface area contributed by atoms with E-state index in [1.165, 1.54) is 18.2 Å². The summed E-state index contributed by atoms with van der Waals surface area (Å²) in [5.41, 5.74) is 1.09. The quantitative estimate of drug-likeness (QED) is 0.784. The predicted octanol–water partition coefficient (Wildman–Crippen LogP) is 2.97. The van der Waals surface area contributed by atoms with E-state index >= 15 is 0 Å². The summed E-state index contributed by atoms with van der Waals surface area (Å²) >= 11 is 3.41. The van der Waals surface area contributed by atoms with Crippen molar-refractivity contribution in [2.75, 3.05) is 36.2 Å². The summed E-state index contributed by atoms with van der Waals surface area (Å²) in [6.45, 7) is 3.21. The maximum Gasteiger partial charge on any atom is 0.291 e. The average Bonchev–Trinajstić information content (AvgIpc) is 3.27. The first-order valence-electron chi connectivity index (χ1n) is 8.50. The molecule has 2 aromatic rings. The summed E-state index contributed by atoms with van der Waals surface area (Å²) in [6, 6.07) is 3.75. The number of halogens is 1. The monoisotopic (exact) mass is 394 g/mol. The number of fused-ring (bicyclic) bond motifs is 1. The van der Waals surface area contributed by atoms with E-state index in [0.717, 1.165) is 24.6 Å². The first-order valence-corrected chi connectivity index (χ1v) is 10.8. The van der Waals surface area contributed by atoms with Gasteiger partial charge >= 0.3 is 0 Å². The number of thioether (sulfide) groups is 2. The molecule has 2 saturated heterocycles. The summed E-state index contributed by atoms with van der Waals surface area (Å²) in [4.78, 5) is 29.4. The molecule has 3 heterocycles. The van der Waals surface area contributed by atoms with Gasteiger partial charge in [-0.2, -0.15) is 11.8 Å². The van der Waals surface area contributed by atoms with Gasteiger partial charge in [0, 0.05) is 41.3 Å². The minimum absolute atomic E-state index is 0.0171. The van der Waals surface area contributed by atoms with Gasteiger partial charge in [0.2, 0.25) is 5.91 Å². The summed E-state index contributed by atoms with van der Waals surface area (Å²) in [5, 5.41) is 0.594. The van der Waals surface area contributed by atoms with Crippen LogP contribution in [0, 0.1) is 12.7 Å². The Morgan fingerprint density at radius 3 is 2.77 bits per heavy atom. The van der Waals surface area contributed by atoms with Crippen molar-refractivity contribution in [2.45, 2.75) is 13.0 Å². The number of carbonyl (C=O) groups excluding carboxylic acids is 2. The van der Waals surface area contributed by atoms with Crippen molar-refractivity contribution < 1.29 is 18.4 Å². The standard InChI is InChI=1S/C18H19FN2O3S2/c1-11-13-8-12(19)2-3-15(13)24-16(11)18(23)21-10-26-9-14(21)17(22)20-4-6-25-7-5-20/h2-3,8,14H,4-7,9-10H2,1H3. The van der Waals surface area contributed by atoms with Crippen molar-refractivity contribution >= 4 is 46.3 Å². The molecule has 0 saturated carbocycles. The summed E-state index contributed by atoms with van der Waals surface area (Å²) in [7, 11) is 0. The smallest absolute Gasteiger partial charge is 0.291 e. The van der Waals surface area contributed by atoms with Gasteiger partial charge in [-0.15, -0.1) is 11.8 Å². The maximum atomic E-state index is 13.5. The minimum Gasteiger partial charge on any atom is -0.451 e. The van der Waals surface area contributed by atoms with E-state index in [2.05, 4.69) is 0 Å². The van der Waals surface area contributed by atoms with Crippen LogP contribution in [0.5, 0.6) is 0 Å². The Kier molecular flexibility index (Phi) is 4.88. The highest BCUT2D eigenvalue weighted by atomic mass is 32.2. The molecule has 2 fully saturated rings. The van der Waals surface area contributed by atoms with E-state index in [4.69, 9.17) is 4.42 Å². The molecule has 4 rings (SSSR count). The number of hydrogen-bond acceptors (Lipinski definition) is 5. The zero-order valence-corrected chi connectivity index (χ0v) is 16.0. The molecule has 138 valence electrons. The largest absolute Gasteiger partial charge is 0.451 e. The Labute approximate surface area is 159 Å². The fraction of sp³-hybridized carbons (Fsp3) is 0.444. The Balaban J connectivity index is 1.60. The molecule has 0 N–H and O–H groups in total. The van der Waals surface area contributed by atoms with Gasteiger partial charge in [-0.3, -0.25) is 9.59 Å². The van der Waals surface area contributed by atoms with Crippen LogP contribution in [-0.2, 0) is 4.79 Å². The third-order valence-corrected chi connectivity index (χ3v) is 6.80. The summed E-state index contributed by atoms with van der Waals surface area (Å²) in [6.07, 6.45) is 0. The van der Waals surface area contributed by atoms with Gasteiger partial charge in [0.15, 0.2) is 5.76 Å². The molecule has 1 atom stereocenters. The lowest BCUT2D eigenvalue weighted by atomic mass is 10.1. The SMILES string of the molecule is Cc1c(C(=O)N2CSCC2C(=O)N2CCSCC2)oc2ccc(F)cc12. The lowest BCUT2D eigenvalue weighted by Gasteiger charge is -2.31. The van der Waals surface area contributed by atoms with E-state index in [9.17, 15) is 14.0 Å². The molecule has 8 heteroatoms. The molecule has 0 spiro atoms. The molecule has 5 nitrogen and oxygen atoms in total. The van der Waals surface area contributed by atoms with E-state index < -0.39 is 6.04 Å². The average molecular weight is 394 g/mol. The molecule has 1 aromatic heterocycles. The first-order chi connectivity index (χ1) is 12.6. The molecule has 1 aromatic carbocycles. The molecule has 0 aliphatic carbocycles. The van der Waals surface area contributed by atoms with Crippen LogP contribution in [0.15, 0.2) is 22.6 Å². The van der Waals surface area contributed by atoms with Crippen molar-refractivity contribution in [3.8, 4) is 0 Å². The van der Waals surface area contributed by atoms with Crippen LogP contribution in [0.3, 0.4) is 0 Å². The topological polar surface area (TPSA) is 53.8 Å². The van der Waals surface area contributed by atoms with E-state index in [-0.39, 0.29) is 23.4 Å². The fourth-order valence-electron chi connectivity index (χ4n) is 3.37. The number of carbonyl (C=O) groups is 2. The van der Waals surface area contributed by atoms with Gasteiger partial charge in [-0.1, -0.05) is 0 Å². The Morgan fingerprint density at radius 2 is 2.00 bits per heavy atom. The lowest BCUT2D eigenvalue weighted by Crippen LogP contribution is -2.51. The lowest BCUT2D eigenvalue weighted by molar-refractivity contribution is -0.134. The van der Waals surface area contributed by atoms with Gasteiger partial charge < -0.3 is 14.2 Å². The van der Waals surface area contributed by atoms with E-state index in [0.29, 0.717) is 28.2 Å². The second-order valence-corrected chi connectivity index (χ2v) is 8.65. The van der Waals surface area contributed by atoms with Crippen LogP contribution >= 0.6 is 23.5 Å². The van der Waals surface area contributed by atoms with Crippen LogP contribution < -0.4 is 0 Å². The van der Waals surface area contributed by atoms with Gasteiger partial charge in [0.1, 0.15) is 17.4 Å². The Morgan fingerprint density at radius 1 is 1.23 bits per heavy atom. The number of amides is 2. The number of benzene rings is 1. The molecule has 0 radical (unpaired) electrons. The number of hydrogen-bond donors (Lipinski definition) is 0. The van der Waals surface area contributed by atoms with Gasteiger partial charge in [-0.25, -0.2) is 4.39 Å². The molecule has 1 unspecified atom stereocenters. The van der Waals surface area contributed by atoms with Crippen LogP contribution in [0.25, 0.3) is 11.0 Å². The number of aryl methyl sites for hydroxylation is 1. The fourth-order valence-corrected chi connectivity index (χ4v) is 5.42. The number of nitrogens with zero attached hydrogens (tertiary/aromatic N) is 2. The highest BCUT2D eigenvalue weighted by Gasteiger charge is 2.39. The summed E-state index contributed by atoms with van der Waals surface area (Å²) < 4.78 is 19.2. The van der Waals surface area contributed by atoms with Crippen molar-refractivity contribution in [3.63, 3.8) is 0 Å². The van der Waals surface area contributed by atoms with Crippen molar-refractivity contribution in [3.05, 3.63) is 35.3 Å². The zero-order chi connectivity index (χ0) is 18.3. The van der Waals surface area contributed by atoms with E-state index in [1.807, 2.05) is 16.7 Å². The molecule has 2 aliphatic heterocycles. The van der Waals surface area contributed by atoms with Crippen molar-refractivity contribution in [1.29, 1.82) is 0 Å². The number of rotatable bonds is 2. The normalized spacial score (nSPS) is 20.8. The van der Waals surface area contributed by atoms with Crippen LogP contribution in [0.2, 0.25) is 0 Å². The third kappa shape index (κ3) is 3.09. The van der Waals surface area contributed by atoms with Gasteiger partial charge in [0.25, 0.3) is 5.91 Å². The maximum absolute atomic E-state index is 13.5. The molecule has 2 aliphatic rings. The Hall–Kier alpha value is -1.67. The minimum atomic E-state index is -0.458. The van der Waals surface area contributed by atoms with Gasteiger partial charge in [0.05, 0.1) is 5.88 Å². The van der Waals surface area contributed by atoms with Crippen LogP contribution in [0.4, 0.5) is 4.39 Å². The van der Waals surface area contributed by atoms with Crippen LogP contribution in [0.1, 0.15) is 16.1 Å². The predicted molar refractivity (Wildman–Crippen MR) is 102 cm³/mol.